The minimum Gasteiger partial charge on any atom is -0.480 e. The van der Waals surface area contributed by atoms with Gasteiger partial charge in [-0.25, -0.2) is 18.4 Å². The van der Waals surface area contributed by atoms with Gasteiger partial charge in [0.05, 0.1) is 19.3 Å². The number of nitrogens with one attached hydrogen (secondary N) is 4. The highest BCUT2D eigenvalue weighted by Gasteiger charge is 2.34. The quantitative estimate of drug-likeness (QED) is 0.0760. The summed E-state index contributed by atoms with van der Waals surface area (Å²) >= 11 is 0. The van der Waals surface area contributed by atoms with Crippen LogP contribution in [0.3, 0.4) is 0 Å². The van der Waals surface area contributed by atoms with Crippen LogP contribution in [0.2, 0.25) is 0 Å². The molecular weight excluding hydrogens is 839 g/mol. The highest BCUT2D eigenvalue weighted by atomic mass is 19.1. The maximum atomic E-state index is 15.0. The van der Waals surface area contributed by atoms with Crippen molar-refractivity contribution in [3.63, 3.8) is 0 Å². The van der Waals surface area contributed by atoms with Crippen LogP contribution in [0.4, 0.5) is 8.78 Å². The Hall–Kier alpha value is -6.05. The number of aromatic nitrogens is 1. The van der Waals surface area contributed by atoms with E-state index in [1.54, 1.807) is 26.1 Å². The normalized spacial score (nSPS) is 14.5. The highest BCUT2D eigenvalue weighted by molar-refractivity contribution is 6.01. The molecule has 3 aromatic rings. The first-order valence-electron chi connectivity index (χ1n) is 21.0. The van der Waals surface area contributed by atoms with E-state index in [4.69, 9.17) is 15.1 Å². The molecule has 64 heavy (non-hydrogen) atoms. The molecule has 0 aliphatic carbocycles. The second-order valence-electron chi connectivity index (χ2n) is 16.7. The Bertz CT molecular complexity index is 2070. The van der Waals surface area contributed by atoms with E-state index in [0.717, 1.165) is 29.5 Å². The van der Waals surface area contributed by atoms with Gasteiger partial charge in [-0.2, -0.15) is 0 Å². The Morgan fingerprint density at radius 2 is 1.48 bits per heavy atom. The summed E-state index contributed by atoms with van der Waals surface area (Å²) in [4.78, 5) is 91.6. The number of rotatable bonds is 21. The highest BCUT2D eigenvalue weighted by Crippen LogP contribution is 2.37. The van der Waals surface area contributed by atoms with Crippen molar-refractivity contribution in [1.29, 1.82) is 0 Å². The zero-order chi connectivity index (χ0) is 47.7. The first kappa shape index (κ1) is 52.3. The molecule has 2 aromatic carbocycles. The predicted molar refractivity (Wildman–Crippen MR) is 229 cm³/mol. The Balaban J connectivity index is 0.00000261. The Labute approximate surface area is 370 Å². The van der Waals surface area contributed by atoms with Gasteiger partial charge in [0.1, 0.15) is 29.8 Å². The number of aliphatic carboxylic acids is 1. The first-order chi connectivity index (χ1) is 30.2. The lowest BCUT2D eigenvalue weighted by molar-refractivity contribution is -0.197. The van der Waals surface area contributed by atoms with Gasteiger partial charge >= 0.3 is 11.9 Å². The van der Waals surface area contributed by atoms with Gasteiger partial charge in [-0.1, -0.05) is 65.0 Å². The third-order valence-corrected chi connectivity index (χ3v) is 10.0. The molecule has 1 aromatic heterocycles. The van der Waals surface area contributed by atoms with Gasteiger partial charge in [-0.15, -0.1) is 5.06 Å². The standard InChI is InChI=1S/C43H54F2N6O9.C2H6O2/c1-25(2)38(49-34(52)13-10-14-37(55)60-51-35(53)17-18-36(51)54)41(57)47-26(3)40(56)48-32(42(58)59)19-20-46-39(43(4,5)6)33-21-28(30-22-29(44)15-16-31(30)45)24-50(33)23-27-11-8-7-9-12-27;3-1-2-4/h7-9,11-12,15-16,21-22,24-26,32,38-39,46H,10,13-14,17-20,23H2,1-6H3,(H,47,57)(H,48,56)(H,49,52)(H,58,59);3-4H,1-2H2/t26-,32-,38-,39-;/m0./s1. The summed E-state index contributed by atoms with van der Waals surface area (Å²) in [6, 6.07) is 10.6. The van der Waals surface area contributed by atoms with Gasteiger partial charge in [0.2, 0.25) is 17.7 Å². The van der Waals surface area contributed by atoms with Crippen molar-refractivity contribution in [3.8, 4) is 11.1 Å². The minimum absolute atomic E-state index is 0.00439. The lowest BCUT2D eigenvalue weighted by Crippen LogP contribution is -2.56. The first-order valence-corrected chi connectivity index (χ1v) is 21.0. The number of benzene rings is 2. The summed E-state index contributed by atoms with van der Waals surface area (Å²) < 4.78 is 31.2. The number of hydrogen-bond acceptors (Lipinski definition) is 11. The number of nitrogens with zero attached hydrogens (tertiary/aromatic N) is 2. The average molecular weight is 899 g/mol. The number of aliphatic hydroxyl groups excluding tert-OH is 2. The average Bonchev–Trinajstić information content (AvgIpc) is 3.78. The molecule has 0 unspecified atom stereocenters. The molecule has 1 aliphatic rings. The van der Waals surface area contributed by atoms with E-state index in [1.807, 2.05) is 55.7 Å². The van der Waals surface area contributed by atoms with Crippen LogP contribution in [0.5, 0.6) is 0 Å². The number of hydrogen-bond donors (Lipinski definition) is 7. The minimum atomic E-state index is -1.35. The molecule has 4 atom stereocenters. The van der Waals surface area contributed by atoms with E-state index < -0.39 is 88.6 Å². The van der Waals surface area contributed by atoms with Gasteiger partial charge in [-0.05, 0) is 67.5 Å². The maximum absolute atomic E-state index is 15.0. The van der Waals surface area contributed by atoms with Crippen LogP contribution in [-0.4, -0.2) is 104 Å². The summed E-state index contributed by atoms with van der Waals surface area (Å²) in [6.45, 7) is 11.0. The second-order valence-corrected chi connectivity index (χ2v) is 16.7. The van der Waals surface area contributed by atoms with Gasteiger partial charge in [0.15, 0.2) is 0 Å². The largest absolute Gasteiger partial charge is 0.480 e. The van der Waals surface area contributed by atoms with Crippen LogP contribution in [0.15, 0.2) is 60.8 Å². The number of halogens is 2. The number of amides is 5. The van der Waals surface area contributed by atoms with Crippen molar-refractivity contribution in [3.05, 3.63) is 83.7 Å². The van der Waals surface area contributed by atoms with Crippen LogP contribution in [0.25, 0.3) is 11.1 Å². The zero-order valence-electron chi connectivity index (χ0n) is 37.0. The molecule has 1 saturated heterocycles. The molecule has 5 amide bonds. The molecule has 0 saturated carbocycles. The molecule has 17 nitrogen and oxygen atoms in total. The molecule has 0 bridgehead atoms. The van der Waals surface area contributed by atoms with Crippen molar-refractivity contribution in [2.45, 2.75) is 111 Å². The Morgan fingerprint density at radius 3 is 2.06 bits per heavy atom. The molecule has 1 aliphatic heterocycles. The van der Waals surface area contributed by atoms with E-state index in [9.17, 15) is 47.4 Å². The van der Waals surface area contributed by atoms with Crippen LogP contribution in [0, 0.1) is 23.0 Å². The third-order valence-electron chi connectivity index (χ3n) is 10.0. The fourth-order valence-corrected chi connectivity index (χ4v) is 6.68. The number of hydroxylamine groups is 2. The summed E-state index contributed by atoms with van der Waals surface area (Å²) in [5.74, 6) is -7.04. The molecular formula is C45H60F2N6O11. The van der Waals surface area contributed by atoms with Crippen molar-refractivity contribution in [1.82, 2.24) is 30.9 Å². The number of carboxylic acids is 1. The smallest absolute Gasteiger partial charge is 0.333 e. The lowest BCUT2D eigenvalue weighted by atomic mass is 9.84. The van der Waals surface area contributed by atoms with Gasteiger partial charge in [-0.3, -0.25) is 24.0 Å². The molecule has 2 heterocycles. The molecule has 4 rings (SSSR count). The SMILES string of the molecule is CC(C)[C@H](NC(=O)CCCC(=O)ON1C(=O)CCC1=O)C(=O)N[C@@H](C)C(=O)N[C@@H](CCN[C@@H](c1cc(-c2cc(F)ccc2F)cn1Cc1ccccc1)C(C)(C)C)C(=O)O.OCCO. The number of carbonyl (C=O) groups is 7. The molecule has 7 N–H and O–H groups in total. The van der Waals surface area contributed by atoms with E-state index in [2.05, 4.69) is 21.3 Å². The van der Waals surface area contributed by atoms with E-state index in [0.29, 0.717) is 17.2 Å². The van der Waals surface area contributed by atoms with Crippen LogP contribution >= 0.6 is 0 Å². The van der Waals surface area contributed by atoms with Gasteiger partial charge in [0, 0.05) is 55.2 Å². The Morgan fingerprint density at radius 1 is 0.844 bits per heavy atom. The number of carboxylic acid groups (broad SMARTS) is 1. The van der Waals surface area contributed by atoms with Crippen LogP contribution < -0.4 is 21.3 Å². The summed E-state index contributed by atoms with van der Waals surface area (Å²) in [5, 5.41) is 36.8. The zero-order valence-corrected chi connectivity index (χ0v) is 37.0. The van der Waals surface area contributed by atoms with Gasteiger partial charge < -0.3 is 46.0 Å². The summed E-state index contributed by atoms with van der Waals surface area (Å²) in [6.07, 6.45) is 1.16. The lowest BCUT2D eigenvalue weighted by Gasteiger charge is -2.33. The second kappa shape index (κ2) is 24.7. The van der Waals surface area contributed by atoms with Crippen molar-refractivity contribution in [2.24, 2.45) is 11.3 Å². The Kier molecular flexibility index (Phi) is 20.2. The van der Waals surface area contributed by atoms with E-state index in [1.165, 1.54) is 6.92 Å². The number of imide groups is 1. The predicted octanol–water partition coefficient (Wildman–Crippen LogP) is 3.51. The van der Waals surface area contributed by atoms with E-state index >= 15 is 0 Å². The van der Waals surface area contributed by atoms with Crippen LogP contribution in [0.1, 0.15) is 97.4 Å². The molecule has 1 fully saturated rings. The van der Waals surface area contributed by atoms with Crippen molar-refractivity contribution in [2.75, 3.05) is 19.8 Å². The van der Waals surface area contributed by atoms with Gasteiger partial charge in [0.25, 0.3) is 11.8 Å². The maximum Gasteiger partial charge on any atom is 0.333 e. The fraction of sp³-hybridized carbons (Fsp3) is 0.489. The number of carbonyl (C=O) groups excluding carboxylic acids is 6. The molecule has 0 spiro atoms. The number of aliphatic hydroxyl groups is 2. The van der Waals surface area contributed by atoms with Crippen molar-refractivity contribution >= 4 is 41.5 Å². The molecule has 350 valence electrons. The van der Waals surface area contributed by atoms with E-state index in [-0.39, 0.29) is 63.8 Å². The monoisotopic (exact) mass is 898 g/mol. The van der Waals surface area contributed by atoms with Crippen LogP contribution in [-0.2, 0) is 44.9 Å². The van der Waals surface area contributed by atoms with Crippen molar-refractivity contribution < 1.29 is 62.5 Å². The third kappa shape index (κ3) is 15.9. The molecule has 0 radical (unpaired) electrons. The summed E-state index contributed by atoms with van der Waals surface area (Å²) in [5.41, 5.74) is 1.82. The summed E-state index contributed by atoms with van der Waals surface area (Å²) in [7, 11) is 0. The fourth-order valence-electron chi connectivity index (χ4n) is 6.68. The topological polar surface area (TPSA) is 246 Å². The molecule has 19 heteroatoms.